The van der Waals surface area contributed by atoms with Crippen molar-refractivity contribution in [2.75, 3.05) is 18.4 Å². The molecule has 0 aliphatic heterocycles. The molecule has 0 atom stereocenters. The van der Waals surface area contributed by atoms with Gasteiger partial charge in [0.05, 0.1) is 6.54 Å². The largest absolute Gasteiger partial charge is 0.371 e. The van der Waals surface area contributed by atoms with Gasteiger partial charge >= 0.3 is 0 Å². The summed E-state index contributed by atoms with van der Waals surface area (Å²) in [5, 5.41) is 5.13. The monoisotopic (exact) mass is 256 g/mol. The van der Waals surface area contributed by atoms with Crippen LogP contribution >= 0.6 is 0 Å². The van der Waals surface area contributed by atoms with Crippen molar-refractivity contribution in [1.29, 1.82) is 0 Å². The third-order valence-corrected chi connectivity index (χ3v) is 2.43. The van der Waals surface area contributed by atoms with E-state index >= 15 is 0 Å². The molecule has 0 radical (unpaired) electrons. The summed E-state index contributed by atoms with van der Waals surface area (Å²) < 4.78 is 26.4. The lowest BCUT2D eigenvalue weighted by Crippen LogP contribution is -2.31. The molecule has 0 unspecified atom stereocenters. The van der Waals surface area contributed by atoms with Crippen molar-refractivity contribution in [2.45, 2.75) is 20.3 Å². The number of carbonyl (C=O) groups is 1. The van der Waals surface area contributed by atoms with Crippen LogP contribution in [-0.2, 0) is 4.79 Å². The van der Waals surface area contributed by atoms with Gasteiger partial charge in [-0.1, -0.05) is 19.9 Å². The van der Waals surface area contributed by atoms with E-state index in [2.05, 4.69) is 24.5 Å². The summed E-state index contributed by atoms with van der Waals surface area (Å²) >= 11 is 0. The van der Waals surface area contributed by atoms with Crippen LogP contribution in [0.25, 0.3) is 0 Å². The Morgan fingerprint density at radius 1 is 1.28 bits per heavy atom. The number of anilines is 1. The first-order valence-electron chi connectivity index (χ1n) is 5.95. The van der Waals surface area contributed by atoms with Crippen LogP contribution in [0.4, 0.5) is 14.5 Å². The van der Waals surface area contributed by atoms with E-state index in [9.17, 15) is 13.6 Å². The maximum Gasteiger partial charge on any atom is 0.239 e. The maximum atomic E-state index is 13.2. The van der Waals surface area contributed by atoms with Crippen LogP contribution in [0, 0.1) is 17.6 Å². The number of halogens is 2. The molecular formula is C13H18F2N2O. The molecule has 0 spiro atoms. The van der Waals surface area contributed by atoms with Crippen molar-refractivity contribution >= 4 is 11.6 Å². The fourth-order valence-electron chi connectivity index (χ4n) is 1.40. The maximum absolute atomic E-state index is 13.2. The number of nitrogens with one attached hydrogen (secondary N) is 2. The van der Waals surface area contributed by atoms with Crippen LogP contribution in [0.3, 0.4) is 0 Å². The van der Waals surface area contributed by atoms with Crippen LogP contribution in [0.2, 0.25) is 0 Å². The molecule has 18 heavy (non-hydrogen) atoms. The van der Waals surface area contributed by atoms with Crippen LogP contribution < -0.4 is 10.6 Å². The molecule has 1 amide bonds. The van der Waals surface area contributed by atoms with Crippen LogP contribution in [-0.4, -0.2) is 19.0 Å². The van der Waals surface area contributed by atoms with E-state index in [0.717, 1.165) is 18.6 Å². The van der Waals surface area contributed by atoms with Gasteiger partial charge in [0, 0.05) is 6.54 Å². The highest BCUT2D eigenvalue weighted by molar-refractivity contribution is 5.80. The van der Waals surface area contributed by atoms with Crippen molar-refractivity contribution in [2.24, 2.45) is 5.92 Å². The SMILES string of the molecule is CC(C)CCNC(=O)CNc1c(F)cccc1F. The average molecular weight is 256 g/mol. The van der Waals surface area contributed by atoms with Gasteiger partial charge in [-0.05, 0) is 24.5 Å². The van der Waals surface area contributed by atoms with Gasteiger partial charge in [0.15, 0.2) is 0 Å². The van der Waals surface area contributed by atoms with E-state index in [0.29, 0.717) is 12.5 Å². The Hall–Kier alpha value is -1.65. The summed E-state index contributed by atoms with van der Waals surface area (Å²) in [6.07, 6.45) is 0.875. The Balaban J connectivity index is 2.38. The third kappa shape index (κ3) is 4.69. The Morgan fingerprint density at radius 3 is 2.44 bits per heavy atom. The first kappa shape index (κ1) is 14.4. The number of benzene rings is 1. The van der Waals surface area contributed by atoms with E-state index in [1.165, 1.54) is 6.07 Å². The van der Waals surface area contributed by atoms with Crippen LogP contribution in [0.15, 0.2) is 18.2 Å². The van der Waals surface area contributed by atoms with E-state index in [1.54, 1.807) is 0 Å². The fraction of sp³-hybridized carbons (Fsp3) is 0.462. The minimum atomic E-state index is -0.704. The third-order valence-electron chi connectivity index (χ3n) is 2.43. The molecule has 100 valence electrons. The van der Waals surface area contributed by atoms with E-state index in [1.807, 2.05) is 0 Å². The van der Waals surface area contributed by atoms with Crippen molar-refractivity contribution in [3.63, 3.8) is 0 Å². The average Bonchev–Trinajstić information content (AvgIpc) is 2.27. The molecule has 0 aliphatic carbocycles. The Bertz CT molecular complexity index is 388. The quantitative estimate of drug-likeness (QED) is 0.821. The van der Waals surface area contributed by atoms with Crippen molar-refractivity contribution in [3.05, 3.63) is 29.8 Å². The Morgan fingerprint density at radius 2 is 1.89 bits per heavy atom. The van der Waals surface area contributed by atoms with Crippen LogP contribution in [0.1, 0.15) is 20.3 Å². The van der Waals surface area contributed by atoms with Crippen molar-refractivity contribution < 1.29 is 13.6 Å². The molecule has 2 N–H and O–H groups in total. The zero-order valence-corrected chi connectivity index (χ0v) is 10.6. The predicted molar refractivity (Wildman–Crippen MR) is 67.3 cm³/mol. The molecule has 1 aromatic carbocycles. The highest BCUT2D eigenvalue weighted by Gasteiger charge is 2.09. The summed E-state index contributed by atoms with van der Waals surface area (Å²) in [6, 6.07) is 3.56. The van der Waals surface area contributed by atoms with Crippen LogP contribution in [0.5, 0.6) is 0 Å². The molecule has 0 heterocycles. The highest BCUT2D eigenvalue weighted by Crippen LogP contribution is 2.17. The molecule has 0 saturated heterocycles. The minimum absolute atomic E-state index is 0.143. The van der Waals surface area contributed by atoms with Gasteiger partial charge in [-0.3, -0.25) is 4.79 Å². The van der Waals surface area contributed by atoms with Gasteiger partial charge in [0.25, 0.3) is 0 Å². The fourth-order valence-corrected chi connectivity index (χ4v) is 1.40. The summed E-state index contributed by atoms with van der Waals surface area (Å²) in [5.74, 6) is -1.18. The zero-order valence-electron chi connectivity index (χ0n) is 10.6. The normalized spacial score (nSPS) is 10.5. The Labute approximate surface area is 106 Å². The molecular weight excluding hydrogens is 238 g/mol. The second-order valence-corrected chi connectivity index (χ2v) is 4.48. The van der Waals surface area contributed by atoms with Gasteiger partial charge in [0.2, 0.25) is 5.91 Å². The number of rotatable bonds is 6. The lowest BCUT2D eigenvalue weighted by atomic mass is 10.1. The summed E-state index contributed by atoms with van der Waals surface area (Å²) in [5.41, 5.74) is -0.267. The second kappa shape index (κ2) is 6.93. The topological polar surface area (TPSA) is 41.1 Å². The van der Waals surface area contributed by atoms with E-state index in [-0.39, 0.29) is 18.1 Å². The first-order chi connectivity index (χ1) is 8.50. The lowest BCUT2D eigenvalue weighted by molar-refractivity contribution is -0.119. The van der Waals surface area contributed by atoms with Crippen molar-refractivity contribution in [3.8, 4) is 0 Å². The molecule has 0 saturated carbocycles. The summed E-state index contributed by atoms with van der Waals surface area (Å²) in [6.45, 7) is 4.53. The van der Waals surface area contributed by atoms with Crippen molar-refractivity contribution in [1.82, 2.24) is 5.32 Å². The predicted octanol–water partition coefficient (Wildman–Crippen LogP) is 2.54. The minimum Gasteiger partial charge on any atom is -0.371 e. The second-order valence-electron chi connectivity index (χ2n) is 4.48. The van der Waals surface area contributed by atoms with E-state index in [4.69, 9.17) is 0 Å². The molecule has 1 aromatic rings. The molecule has 0 bridgehead atoms. The first-order valence-corrected chi connectivity index (χ1v) is 5.95. The molecule has 0 fully saturated rings. The number of amides is 1. The van der Waals surface area contributed by atoms with E-state index < -0.39 is 11.6 Å². The smallest absolute Gasteiger partial charge is 0.239 e. The Kier molecular flexibility index (Phi) is 5.55. The summed E-state index contributed by atoms with van der Waals surface area (Å²) in [7, 11) is 0. The van der Waals surface area contributed by atoms with Gasteiger partial charge in [-0.15, -0.1) is 0 Å². The highest BCUT2D eigenvalue weighted by atomic mass is 19.1. The number of para-hydroxylation sites is 1. The zero-order chi connectivity index (χ0) is 13.5. The molecule has 0 aliphatic rings. The lowest BCUT2D eigenvalue weighted by Gasteiger charge is -2.10. The molecule has 3 nitrogen and oxygen atoms in total. The number of hydrogen-bond donors (Lipinski definition) is 2. The molecule has 5 heteroatoms. The van der Waals surface area contributed by atoms with Gasteiger partial charge in [0.1, 0.15) is 17.3 Å². The molecule has 1 rings (SSSR count). The summed E-state index contributed by atoms with van der Waals surface area (Å²) in [4.78, 5) is 11.4. The number of hydrogen-bond acceptors (Lipinski definition) is 2. The molecule has 0 aromatic heterocycles. The standard InChI is InChI=1S/C13H18F2N2O/c1-9(2)6-7-16-12(18)8-17-13-10(14)4-3-5-11(13)15/h3-5,9,17H,6-8H2,1-2H3,(H,16,18). The van der Waals surface area contributed by atoms with Gasteiger partial charge < -0.3 is 10.6 Å². The van der Waals surface area contributed by atoms with Gasteiger partial charge in [-0.2, -0.15) is 0 Å². The van der Waals surface area contributed by atoms with Gasteiger partial charge in [-0.25, -0.2) is 8.78 Å². The number of carbonyl (C=O) groups excluding carboxylic acids is 1.